The highest BCUT2D eigenvalue weighted by Crippen LogP contribution is 2.23. The third kappa shape index (κ3) is 5.03. The van der Waals surface area contributed by atoms with Crippen LogP contribution in [0.25, 0.3) is 0 Å². The minimum atomic E-state index is -3.30. The average molecular weight is 322 g/mol. The normalized spacial score (nSPS) is 13.4. The molecule has 1 aromatic rings. The van der Waals surface area contributed by atoms with Crippen LogP contribution in [0.3, 0.4) is 0 Å². The second-order valence-electron chi connectivity index (χ2n) is 4.43. The lowest BCUT2D eigenvalue weighted by atomic mass is 10.2. The molecule has 114 valence electrons. The van der Waals surface area contributed by atoms with E-state index in [2.05, 4.69) is 5.32 Å². The molecular formula is C13H20ClNO4S. The zero-order chi connectivity index (χ0) is 15.2. The molecule has 0 saturated carbocycles. The zero-order valence-electron chi connectivity index (χ0n) is 11.8. The zero-order valence-corrected chi connectivity index (χ0v) is 13.4. The van der Waals surface area contributed by atoms with Gasteiger partial charge in [0.1, 0.15) is 0 Å². The lowest BCUT2D eigenvalue weighted by Crippen LogP contribution is -2.31. The van der Waals surface area contributed by atoms with Gasteiger partial charge in [-0.1, -0.05) is 17.7 Å². The summed E-state index contributed by atoms with van der Waals surface area (Å²) in [6.45, 7) is 1.36. The van der Waals surface area contributed by atoms with Crippen molar-refractivity contribution in [2.45, 2.75) is 17.5 Å². The van der Waals surface area contributed by atoms with Crippen molar-refractivity contribution in [2.75, 3.05) is 33.6 Å². The molecule has 1 N–H and O–H groups in total. The molecule has 0 aliphatic carbocycles. The number of benzene rings is 1. The molecule has 0 fully saturated rings. The van der Waals surface area contributed by atoms with Crippen LogP contribution in [0.4, 0.5) is 0 Å². The van der Waals surface area contributed by atoms with Crippen LogP contribution in [0.15, 0.2) is 23.1 Å². The molecule has 0 bridgehead atoms. The Morgan fingerprint density at radius 1 is 1.35 bits per heavy atom. The molecule has 0 amide bonds. The van der Waals surface area contributed by atoms with E-state index in [1.165, 1.54) is 6.26 Å². The number of hydrogen-bond acceptors (Lipinski definition) is 5. The summed E-state index contributed by atoms with van der Waals surface area (Å²) < 4.78 is 33.7. The molecule has 0 saturated heterocycles. The van der Waals surface area contributed by atoms with Crippen LogP contribution in [-0.4, -0.2) is 48.1 Å². The van der Waals surface area contributed by atoms with Gasteiger partial charge in [-0.15, -0.1) is 0 Å². The predicted molar refractivity (Wildman–Crippen MR) is 78.9 cm³/mol. The summed E-state index contributed by atoms with van der Waals surface area (Å²) in [7, 11) is -0.104. The van der Waals surface area contributed by atoms with Gasteiger partial charge in [-0.05, 0) is 12.1 Å². The Kier molecular flexibility index (Phi) is 6.91. The van der Waals surface area contributed by atoms with Crippen LogP contribution in [0, 0.1) is 0 Å². The van der Waals surface area contributed by atoms with Crippen LogP contribution in [0.5, 0.6) is 0 Å². The van der Waals surface area contributed by atoms with Crippen LogP contribution in [-0.2, 0) is 25.9 Å². The Balaban J connectivity index is 2.78. The Hall–Kier alpha value is -0.660. The Morgan fingerprint density at radius 3 is 2.60 bits per heavy atom. The monoisotopic (exact) mass is 321 g/mol. The van der Waals surface area contributed by atoms with Gasteiger partial charge < -0.3 is 14.8 Å². The van der Waals surface area contributed by atoms with Crippen molar-refractivity contribution in [1.29, 1.82) is 0 Å². The molecule has 7 heteroatoms. The van der Waals surface area contributed by atoms with E-state index in [1.807, 2.05) is 0 Å². The minimum Gasteiger partial charge on any atom is -0.382 e. The average Bonchev–Trinajstić information content (AvgIpc) is 2.38. The van der Waals surface area contributed by atoms with Crippen molar-refractivity contribution >= 4 is 21.4 Å². The lowest BCUT2D eigenvalue weighted by Gasteiger charge is -2.16. The third-order valence-electron chi connectivity index (χ3n) is 2.84. The summed E-state index contributed by atoms with van der Waals surface area (Å²) in [5.74, 6) is 0. The van der Waals surface area contributed by atoms with Gasteiger partial charge in [0.25, 0.3) is 0 Å². The molecule has 0 spiro atoms. The number of ether oxygens (including phenoxy) is 2. The van der Waals surface area contributed by atoms with Crippen LogP contribution in [0.2, 0.25) is 5.02 Å². The van der Waals surface area contributed by atoms with Gasteiger partial charge >= 0.3 is 0 Å². The Morgan fingerprint density at radius 2 is 2.05 bits per heavy atom. The van der Waals surface area contributed by atoms with E-state index in [9.17, 15) is 8.42 Å². The number of nitrogens with one attached hydrogen (secondary N) is 1. The van der Waals surface area contributed by atoms with Gasteiger partial charge in [0.2, 0.25) is 0 Å². The smallest absolute Gasteiger partial charge is 0.175 e. The molecule has 0 aromatic heterocycles. The highest BCUT2D eigenvalue weighted by Gasteiger charge is 2.16. The van der Waals surface area contributed by atoms with E-state index in [0.29, 0.717) is 30.3 Å². The second-order valence-corrected chi connectivity index (χ2v) is 6.82. The Labute approximate surface area is 125 Å². The fourth-order valence-corrected chi connectivity index (χ4v) is 3.07. The first-order valence-electron chi connectivity index (χ1n) is 6.10. The van der Waals surface area contributed by atoms with Crippen LogP contribution >= 0.6 is 11.6 Å². The van der Waals surface area contributed by atoms with Gasteiger partial charge in [0, 0.05) is 44.2 Å². The molecule has 20 heavy (non-hydrogen) atoms. The maximum atomic E-state index is 11.7. The van der Waals surface area contributed by atoms with E-state index in [1.54, 1.807) is 32.4 Å². The minimum absolute atomic E-state index is 0.0934. The molecule has 5 nitrogen and oxygen atoms in total. The van der Waals surface area contributed by atoms with Gasteiger partial charge in [-0.25, -0.2) is 8.42 Å². The van der Waals surface area contributed by atoms with Crippen molar-refractivity contribution in [1.82, 2.24) is 5.32 Å². The molecular weight excluding hydrogens is 302 g/mol. The van der Waals surface area contributed by atoms with Crippen molar-refractivity contribution < 1.29 is 17.9 Å². The summed E-state index contributed by atoms with van der Waals surface area (Å²) >= 11 is 6.09. The van der Waals surface area contributed by atoms with E-state index < -0.39 is 9.84 Å². The maximum Gasteiger partial charge on any atom is 0.175 e. The Bertz CT molecular complexity index is 533. The van der Waals surface area contributed by atoms with E-state index in [-0.39, 0.29) is 11.0 Å². The van der Waals surface area contributed by atoms with Gasteiger partial charge in [-0.2, -0.15) is 0 Å². The summed E-state index contributed by atoms with van der Waals surface area (Å²) in [4.78, 5) is 0.248. The van der Waals surface area contributed by atoms with E-state index in [0.717, 1.165) is 0 Å². The number of halogens is 1. The fraction of sp³-hybridized carbons (Fsp3) is 0.538. The molecule has 1 atom stereocenters. The maximum absolute atomic E-state index is 11.7. The fourth-order valence-electron chi connectivity index (χ4n) is 1.81. The number of hydrogen-bond donors (Lipinski definition) is 1. The predicted octanol–water partition coefficient (Wildman–Crippen LogP) is 1.49. The number of rotatable bonds is 8. The highest BCUT2D eigenvalue weighted by atomic mass is 35.5. The first kappa shape index (κ1) is 17.4. The molecule has 1 rings (SSSR count). The van der Waals surface area contributed by atoms with Gasteiger partial charge in [-0.3, -0.25) is 0 Å². The summed E-state index contributed by atoms with van der Waals surface area (Å²) in [5.41, 5.74) is 0.573. The topological polar surface area (TPSA) is 64.6 Å². The van der Waals surface area contributed by atoms with Crippen molar-refractivity contribution in [3.8, 4) is 0 Å². The first-order valence-corrected chi connectivity index (χ1v) is 8.37. The van der Waals surface area contributed by atoms with Gasteiger partial charge in [0.05, 0.1) is 17.6 Å². The molecule has 0 aliphatic rings. The van der Waals surface area contributed by atoms with Crippen molar-refractivity contribution in [3.63, 3.8) is 0 Å². The lowest BCUT2D eigenvalue weighted by molar-refractivity contribution is 0.0287. The molecule has 0 radical (unpaired) electrons. The molecule has 1 aromatic carbocycles. The van der Waals surface area contributed by atoms with E-state index >= 15 is 0 Å². The third-order valence-corrected chi connectivity index (χ3v) is 4.37. The van der Waals surface area contributed by atoms with Crippen LogP contribution in [0.1, 0.15) is 5.56 Å². The van der Waals surface area contributed by atoms with Crippen molar-refractivity contribution in [2.24, 2.45) is 0 Å². The number of sulfone groups is 1. The summed E-state index contributed by atoms with van der Waals surface area (Å²) in [5, 5.41) is 3.57. The van der Waals surface area contributed by atoms with Crippen LogP contribution < -0.4 is 5.32 Å². The SMILES string of the molecule is COCC(CNCc1c(Cl)cccc1S(C)(=O)=O)OC. The van der Waals surface area contributed by atoms with Crippen molar-refractivity contribution in [3.05, 3.63) is 28.8 Å². The summed E-state index contributed by atoms with van der Waals surface area (Å²) in [6, 6.07) is 4.86. The first-order chi connectivity index (χ1) is 9.40. The quantitative estimate of drug-likeness (QED) is 0.786. The molecule has 0 heterocycles. The standard InChI is InChI=1S/C13H20ClNO4S/c1-18-9-10(19-2)7-15-8-11-12(14)5-4-6-13(11)20(3,16)17/h4-6,10,15H,7-9H2,1-3H3. The highest BCUT2D eigenvalue weighted by molar-refractivity contribution is 7.90. The number of methoxy groups -OCH3 is 2. The van der Waals surface area contributed by atoms with E-state index in [4.69, 9.17) is 21.1 Å². The largest absolute Gasteiger partial charge is 0.382 e. The van der Waals surface area contributed by atoms with Gasteiger partial charge in [0.15, 0.2) is 9.84 Å². The second kappa shape index (κ2) is 7.95. The molecule has 1 unspecified atom stereocenters. The summed E-state index contributed by atoms with van der Waals surface area (Å²) in [6.07, 6.45) is 1.08. The molecule has 0 aliphatic heterocycles.